The lowest BCUT2D eigenvalue weighted by atomic mass is 10.2. The molecule has 1 saturated carbocycles. The molecule has 1 fully saturated rings. The van der Waals surface area contributed by atoms with Crippen LogP contribution in [-0.2, 0) is 5.75 Å². The summed E-state index contributed by atoms with van der Waals surface area (Å²) in [6, 6.07) is 7.88. The van der Waals surface area contributed by atoms with Gasteiger partial charge in [-0.2, -0.15) is 0 Å². The third-order valence-corrected chi connectivity index (χ3v) is 3.86. The smallest absolute Gasteiger partial charge is 0.208 e. The zero-order chi connectivity index (χ0) is 11.7. The number of hydrogen-bond donors (Lipinski definition) is 1. The Balaban J connectivity index is 1.62. The fourth-order valence-electron chi connectivity index (χ4n) is 1.64. The molecule has 3 nitrogen and oxygen atoms in total. The zero-order valence-corrected chi connectivity index (χ0v) is 10.8. The summed E-state index contributed by atoms with van der Waals surface area (Å²) in [6.45, 7) is 0. The molecule has 1 aromatic heterocycles. The fourth-order valence-corrected chi connectivity index (χ4v) is 2.60. The molecule has 0 amide bonds. The summed E-state index contributed by atoms with van der Waals surface area (Å²) in [6.07, 6.45) is 2.49. The molecular weight excluding hydrogens is 254 g/mol. The van der Waals surface area contributed by atoms with Gasteiger partial charge in [0.15, 0.2) is 0 Å². The monoisotopic (exact) mass is 265 g/mol. The summed E-state index contributed by atoms with van der Waals surface area (Å²) in [5.41, 5.74) is 1.19. The molecule has 3 rings (SSSR count). The standard InChI is InChI=1S/C12H12ClN3S/c13-10-3-1-2-8(6-10)7-17-12-14-11(15-16-12)9-4-5-9/h1-3,6,9H,4-5,7H2,(H,14,15,16). The molecule has 88 valence electrons. The van der Waals surface area contributed by atoms with Crippen LogP contribution in [-0.4, -0.2) is 15.2 Å². The summed E-state index contributed by atoms with van der Waals surface area (Å²) in [7, 11) is 0. The highest BCUT2D eigenvalue weighted by molar-refractivity contribution is 7.98. The third kappa shape index (κ3) is 2.82. The van der Waals surface area contributed by atoms with Crippen LogP contribution < -0.4 is 0 Å². The summed E-state index contributed by atoms with van der Waals surface area (Å²) < 4.78 is 0. The van der Waals surface area contributed by atoms with Crippen LogP contribution in [0.5, 0.6) is 0 Å². The van der Waals surface area contributed by atoms with E-state index in [2.05, 4.69) is 21.2 Å². The van der Waals surface area contributed by atoms with Crippen molar-refractivity contribution < 1.29 is 0 Å². The first kappa shape index (κ1) is 11.1. The fraction of sp³-hybridized carbons (Fsp3) is 0.333. The van der Waals surface area contributed by atoms with Crippen molar-refractivity contribution >= 4 is 23.4 Å². The highest BCUT2D eigenvalue weighted by Gasteiger charge is 2.27. The van der Waals surface area contributed by atoms with Crippen molar-refractivity contribution in [2.45, 2.75) is 29.7 Å². The van der Waals surface area contributed by atoms with E-state index in [0.29, 0.717) is 5.92 Å². The molecule has 2 aromatic rings. The molecule has 1 aliphatic rings. The van der Waals surface area contributed by atoms with Crippen LogP contribution in [0.25, 0.3) is 0 Å². The van der Waals surface area contributed by atoms with E-state index in [9.17, 15) is 0 Å². The summed E-state index contributed by atoms with van der Waals surface area (Å²) in [5, 5.41) is 8.82. The van der Waals surface area contributed by atoms with Crippen molar-refractivity contribution in [1.29, 1.82) is 0 Å². The van der Waals surface area contributed by atoms with Crippen LogP contribution in [0.15, 0.2) is 29.4 Å². The summed E-state index contributed by atoms with van der Waals surface area (Å²) in [4.78, 5) is 4.47. The van der Waals surface area contributed by atoms with Crippen molar-refractivity contribution in [3.05, 3.63) is 40.7 Å². The van der Waals surface area contributed by atoms with Gasteiger partial charge in [-0.15, -0.1) is 5.10 Å². The predicted molar refractivity (Wildman–Crippen MR) is 69.4 cm³/mol. The van der Waals surface area contributed by atoms with Gasteiger partial charge >= 0.3 is 0 Å². The number of halogens is 1. The molecule has 0 aliphatic heterocycles. The number of benzene rings is 1. The predicted octanol–water partition coefficient (Wildman–Crippen LogP) is 3.63. The number of aromatic nitrogens is 3. The Hall–Kier alpha value is -1.00. The molecule has 17 heavy (non-hydrogen) atoms. The van der Waals surface area contributed by atoms with E-state index < -0.39 is 0 Å². The summed E-state index contributed by atoms with van der Waals surface area (Å²) >= 11 is 7.57. The molecule has 0 spiro atoms. The van der Waals surface area contributed by atoms with E-state index >= 15 is 0 Å². The van der Waals surface area contributed by atoms with Crippen molar-refractivity contribution in [3.63, 3.8) is 0 Å². The molecular formula is C12H12ClN3S. The van der Waals surface area contributed by atoms with Crippen LogP contribution in [0.3, 0.4) is 0 Å². The van der Waals surface area contributed by atoms with Gasteiger partial charge in [-0.05, 0) is 30.5 Å². The van der Waals surface area contributed by atoms with Crippen LogP contribution in [0.4, 0.5) is 0 Å². The minimum atomic E-state index is 0.628. The second-order valence-electron chi connectivity index (χ2n) is 4.20. The van der Waals surface area contributed by atoms with Crippen LogP contribution in [0, 0.1) is 0 Å². The Kier molecular flexibility index (Phi) is 3.07. The minimum absolute atomic E-state index is 0.628. The normalized spacial score (nSPS) is 15.1. The van der Waals surface area contributed by atoms with E-state index in [1.807, 2.05) is 18.2 Å². The summed E-state index contributed by atoms with van der Waals surface area (Å²) in [5.74, 6) is 2.52. The van der Waals surface area contributed by atoms with E-state index in [4.69, 9.17) is 11.6 Å². The number of nitrogens with zero attached hydrogens (tertiary/aromatic N) is 2. The first-order valence-electron chi connectivity index (χ1n) is 5.61. The van der Waals surface area contributed by atoms with Gasteiger partial charge in [-0.25, -0.2) is 4.98 Å². The van der Waals surface area contributed by atoms with Gasteiger partial charge in [0.05, 0.1) is 0 Å². The maximum Gasteiger partial charge on any atom is 0.208 e. The lowest BCUT2D eigenvalue weighted by Gasteiger charge is -1.98. The maximum absolute atomic E-state index is 5.93. The maximum atomic E-state index is 5.93. The topological polar surface area (TPSA) is 41.6 Å². The average molecular weight is 266 g/mol. The SMILES string of the molecule is Clc1cccc(CSc2n[nH]c(C3CC3)n2)c1. The number of aromatic amines is 1. The van der Waals surface area contributed by atoms with Gasteiger partial charge in [0.25, 0.3) is 0 Å². The van der Waals surface area contributed by atoms with Gasteiger partial charge < -0.3 is 0 Å². The Morgan fingerprint density at radius 1 is 1.41 bits per heavy atom. The Labute approximate surface area is 109 Å². The van der Waals surface area contributed by atoms with Crippen LogP contribution in [0.1, 0.15) is 30.1 Å². The quantitative estimate of drug-likeness (QED) is 0.859. The molecule has 0 unspecified atom stereocenters. The van der Waals surface area contributed by atoms with Crippen molar-refractivity contribution in [2.75, 3.05) is 0 Å². The second-order valence-corrected chi connectivity index (χ2v) is 5.58. The lowest BCUT2D eigenvalue weighted by Crippen LogP contribution is -1.82. The lowest BCUT2D eigenvalue weighted by molar-refractivity contribution is 0.932. The first-order valence-corrected chi connectivity index (χ1v) is 6.97. The van der Waals surface area contributed by atoms with Crippen molar-refractivity contribution in [2.24, 2.45) is 0 Å². The number of hydrogen-bond acceptors (Lipinski definition) is 3. The van der Waals surface area contributed by atoms with Gasteiger partial charge in [0.1, 0.15) is 5.82 Å². The highest BCUT2D eigenvalue weighted by atomic mass is 35.5. The van der Waals surface area contributed by atoms with E-state index in [1.54, 1.807) is 11.8 Å². The van der Waals surface area contributed by atoms with Crippen molar-refractivity contribution in [1.82, 2.24) is 15.2 Å². The van der Waals surface area contributed by atoms with Gasteiger partial charge in [0.2, 0.25) is 5.16 Å². The molecule has 5 heteroatoms. The van der Waals surface area contributed by atoms with Crippen molar-refractivity contribution in [3.8, 4) is 0 Å². The number of H-pyrrole nitrogens is 1. The van der Waals surface area contributed by atoms with Gasteiger partial charge in [0, 0.05) is 16.7 Å². The number of rotatable bonds is 4. The molecule has 0 bridgehead atoms. The molecule has 1 N–H and O–H groups in total. The number of thioether (sulfide) groups is 1. The number of nitrogens with one attached hydrogen (secondary N) is 1. The average Bonchev–Trinajstić information content (AvgIpc) is 3.07. The highest BCUT2D eigenvalue weighted by Crippen LogP contribution is 2.38. The van der Waals surface area contributed by atoms with Crippen LogP contribution in [0.2, 0.25) is 5.02 Å². The van der Waals surface area contributed by atoms with Crippen LogP contribution >= 0.6 is 23.4 Å². The van der Waals surface area contributed by atoms with E-state index in [-0.39, 0.29) is 0 Å². The van der Waals surface area contributed by atoms with E-state index in [0.717, 1.165) is 21.8 Å². The molecule has 0 radical (unpaired) electrons. The molecule has 1 aromatic carbocycles. The second kappa shape index (κ2) is 4.70. The molecule has 1 heterocycles. The Morgan fingerprint density at radius 2 is 2.29 bits per heavy atom. The third-order valence-electron chi connectivity index (χ3n) is 2.70. The minimum Gasteiger partial charge on any atom is -0.262 e. The Bertz CT molecular complexity index is 522. The molecule has 0 atom stereocenters. The Morgan fingerprint density at radius 3 is 3.06 bits per heavy atom. The van der Waals surface area contributed by atoms with Gasteiger partial charge in [-0.3, -0.25) is 5.10 Å². The first-order chi connectivity index (χ1) is 8.31. The molecule has 1 aliphatic carbocycles. The van der Waals surface area contributed by atoms with E-state index in [1.165, 1.54) is 18.4 Å². The van der Waals surface area contributed by atoms with Gasteiger partial charge in [-0.1, -0.05) is 35.5 Å². The molecule has 0 saturated heterocycles. The zero-order valence-electron chi connectivity index (χ0n) is 9.19. The largest absolute Gasteiger partial charge is 0.262 e.